The number of carboxylic acids is 1. The normalized spacial score (nSPS) is 14.1. The molecule has 7 heteroatoms. The summed E-state index contributed by atoms with van der Waals surface area (Å²) in [7, 11) is 1.54. The predicted octanol–water partition coefficient (Wildman–Crippen LogP) is 5.58. The Hall–Kier alpha value is -3.87. The zero-order chi connectivity index (χ0) is 26.4. The van der Waals surface area contributed by atoms with Crippen molar-refractivity contribution in [1.82, 2.24) is 0 Å². The maximum Gasteiger partial charge on any atom is 0.307 e. The lowest BCUT2D eigenvalue weighted by Crippen LogP contribution is -2.29. The van der Waals surface area contributed by atoms with Crippen LogP contribution >= 0.6 is 0 Å². The van der Waals surface area contributed by atoms with Crippen LogP contribution in [-0.2, 0) is 24.1 Å². The van der Waals surface area contributed by atoms with Crippen molar-refractivity contribution in [3.63, 3.8) is 0 Å². The van der Waals surface area contributed by atoms with Crippen LogP contribution in [0.25, 0.3) is 11.1 Å². The number of hydrogen-bond acceptors (Lipinski definition) is 4. The second-order valence-corrected chi connectivity index (χ2v) is 9.82. The summed E-state index contributed by atoms with van der Waals surface area (Å²) < 4.78 is 26.4. The number of anilines is 1. The van der Waals surface area contributed by atoms with Crippen molar-refractivity contribution in [2.75, 3.05) is 25.2 Å². The lowest BCUT2D eigenvalue weighted by atomic mass is 9.84. The Morgan fingerprint density at radius 3 is 2.62 bits per heavy atom. The molecule has 192 valence electrons. The first-order valence-electron chi connectivity index (χ1n) is 12.5. The number of halogens is 1. The molecule has 2 heterocycles. The van der Waals surface area contributed by atoms with Gasteiger partial charge in [-0.15, -0.1) is 0 Å². The highest BCUT2D eigenvalue weighted by atomic mass is 19.1. The largest absolute Gasteiger partial charge is 0.496 e. The fourth-order valence-corrected chi connectivity index (χ4v) is 5.69. The van der Waals surface area contributed by atoms with Gasteiger partial charge in [0.1, 0.15) is 5.75 Å². The smallest absolute Gasteiger partial charge is 0.307 e. The molecule has 5 rings (SSSR count). The van der Waals surface area contributed by atoms with E-state index in [1.807, 2.05) is 39.0 Å². The molecule has 2 aliphatic heterocycles. The molecule has 0 atom stereocenters. The number of ether oxygens (including phenoxy) is 2. The van der Waals surface area contributed by atoms with E-state index in [0.29, 0.717) is 59.7 Å². The van der Waals surface area contributed by atoms with Crippen molar-refractivity contribution in [1.29, 1.82) is 0 Å². The Morgan fingerprint density at radius 1 is 1.11 bits per heavy atom. The van der Waals surface area contributed by atoms with E-state index in [0.717, 1.165) is 39.9 Å². The summed E-state index contributed by atoms with van der Waals surface area (Å²) in [4.78, 5) is 27.4. The van der Waals surface area contributed by atoms with E-state index < -0.39 is 11.8 Å². The number of carbonyl (C=O) groups excluding carboxylic acids is 1. The zero-order valence-corrected chi connectivity index (χ0v) is 21.5. The minimum atomic E-state index is -0.959. The average Bonchev–Trinajstić information content (AvgIpc) is 3.29. The van der Waals surface area contributed by atoms with Gasteiger partial charge in [-0.25, -0.2) is 4.39 Å². The van der Waals surface area contributed by atoms with E-state index in [4.69, 9.17) is 9.47 Å². The Morgan fingerprint density at radius 2 is 1.89 bits per heavy atom. The molecule has 0 saturated heterocycles. The van der Waals surface area contributed by atoms with E-state index in [-0.39, 0.29) is 12.3 Å². The van der Waals surface area contributed by atoms with Gasteiger partial charge in [-0.3, -0.25) is 9.59 Å². The summed E-state index contributed by atoms with van der Waals surface area (Å²) in [5.41, 5.74) is 7.50. The van der Waals surface area contributed by atoms with Crippen LogP contribution in [0.15, 0.2) is 30.3 Å². The van der Waals surface area contributed by atoms with E-state index in [1.165, 1.54) is 13.2 Å². The highest BCUT2D eigenvalue weighted by Gasteiger charge is 2.33. The lowest BCUT2D eigenvalue weighted by molar-refractivity contribution is -0.136. The number of hydrogen-bond donors (Lipinski definition) is 1. The number of benzene rings is 3. The lowest BCUT2D eigenvalue weighted by Gasteiger charge is -2.25. The Kier molecular flexibility index (Phi) is 6.40. The third kappa shape index (κ3) is 4.22. The van der Waals surface area contributed by atoms with Crippen molar-refractivity contribution in [3.05, 3.63) is 75.1 Å². The zero-order valence-electron chi connectivity index (χ0n) is 21.5. The van der Waals surface area contributed by atoms with Gasteiger partial charge in [0.25, 0.3) is 5.91 Å². The van der Waals surface area contributed by atoms with Crippen LogP contribution in [0.1, 0.15) is 50.2 Å². The van der Waals surface area contributed by atoms with Gasteiger partial charge in [0.15, 0.2) is 11.6 Å². The molecule has 2 aliphatic rings. The second-order valence-electron chi connectivity index (χ2n) is 9.82. The van der Waals surface area contributed by atoms with Crippen LogP contribution in [0.4, 0.5) is 10.1 Å². The van der Waals surface area contributed by atoms with Gasteiger partial charge in [0, 0.05) is 17.8 Å². The molecular weight excluding hydrogens is 473 g/mol. The summed E-state index contributed by atoms with van der Waals surface area (Å²) in [6.45, 7) is 6.63. The quantitative estimate of drug-likeness (QED) is 0.492. The molecule has 1 amide bonds. The molecule has 0 fully saturated rings. The van der Waals surface area contributed by atoms with Gasteiger partial charge in [-0.05, 0) is 97.7 Å². The highest BCUT2D eigenvalue weighted by molar-refractivity contribution is 6.10. The molecule has 1 N–H and O–H groups in total. The summed E-state index contributed by atoms with van der Waals surface area (Å²) in [5.74, 6) is -0.796. The standard InChI is InChI=1S/C30H30FNO5/c1-16-7-8-26(36-4)23(12-16)30(35)32-10-9-20-25(32)13-17(2)21(15-27(33)34)28(20)22-14-24(31)29-19(18(22)3)6-5-11-37-29/h7-8,12-14H,5-6,9-11,15H2,1-4H3,(H,33,34). The van der Waals surface area contributed by atoms with Gasteiger partial charge in [0.2, 0.25) is 0 Å². The van der Waals surface area contributed by atoms with E-state index in [9.17, 15) is 14.7 Å². The highest BCUT2D eigenvalue weighted by Crippen LogP contribution is 2.45. The number of rotatable bonds is 5. The molecule has 0 saturated carbocycles. The molecule has 0 bridgehead atoms. The molecule has 0 spiro atoms. The van der Waals surface area contributed by atoms with Crippen molar-refractivity contribution < 1.29 is 28.6 Å². The second kappa shape index (κ2) is 9.54. The monoisotopic (exact) mass is 503 g/mol. The fourth-order valence-electron chi connectivity index (χ4n) is 5.69. The maximum atomic E-state index is 15.3. The molecule has 37 heavy (non-hydrogen) atoms. The van der Waals surface area contributed by atoms with Crippen LogP contribution in [0.2, 0.25) is 0 Å². The number of fused-ring (bicyclic) bond motifs is 2. The first-order chi connectivity index (χ1) is 17.7. The summed E-state index contributed by atoms with van der Waals surface area (Å²) >= 11 is 0. The number of amides is 1. The number of aliphatic carboxylic acids is 1. The Bertz CT molecular complexity index is 1440. The topological polar surface area (TPSA) is 76.1 Å². The maximum absolute atomic E-state index is 15.3. The van der Waals surface area contributed by atoms with E-state index in [1.54, 1.807) is 11.0 Å². The average molecular weight is 504 g/mol. The third-order valence-electron chi connectivity index (χ3n) is 7.48. The van der Waals surface area contributed by atoms with E-state index >= 15 is 4.39 Å². The summed E-state index contributed by atoms with van der Waals surface area (Å²) in [6, 6.07) is 8.85. The van der Waals surface area contributed by atoms with Crippen LogP contribution in [0.3, 0.4) is 0 Å². The van der Waals surface area contributed by atoms with Crippen molar-refractivity contribution in [3.8, 4) is 22.6 Å². The SMILES string of the molecule is COc1ccc(C)cc1C(=O)N1CCc2c1cc(C)c(CC(=O)O)c2-c1cc(F)c2c(c1C)CCCO2. The van der Waals surface area contributed by atoms with Gasteiger partial charge in [-0.1, -0.05) is 11.6 Å². The molecule has 6 nitrogen and oxygen atoms in total. The van der Waals surface area contributed by atoms with Gasteiger partial charge >= 0.3 is 5.97 Å². The minimum Gasteiger partial charge on any atom is -0.496 e. The molecule has 0 aromatic heterocycles. The summed E-state index contributed by atoms with van der Waals surface area (Å²) in [6.07, 6.45) is 1.84. The van der Waals surface area contributed by atoms with Gasteiger partial charge < -0.3 is 19.5 Å². The van der Waals surface area contributed by atoms with Crippen LogP contribution in [0.5, 0.6) is 11.5 Å². The van der Waals surface area contributed by atoms with Crippen molar-refractivity contribution >= 4 is 17.6 Å². The fraction of sp³-hybridized carbons (Fsp3) is 0.333. The van der Waals surface area contributed by atoms with Crippen LogP contribution < -0.4 is 14.4 Å². The van der Waals surface area contributed by atoms with Gasteiger partial charge in [0.05, 0.1) is 25.7 Å². The number of carboxylic acid groups (broad SMARTS) is 1. The number of nitrogens with zero attached hydrogens (tertiary/aromatic N) is 1. The Labute approximate surface area is 215 Å². The van der Waals surface area contributed by atoms with Gasteiger partial charge in [-0.2, -0.15) is 0 Å². The minimum absolute atomic E-state index is 0.183. The summed E-state index contributed by atoms with van der Waals surface area (Å²) in [5, 5.41) is 9.73. The van der Waals surface area contributed by atoms with Crippen LogP contribution in [-0.4, -0.2) is 37.2 Å². The van der Waals surface area contributed by atoms with Crippen LogP contribution in [0, 0.1) is 26.6 Å². The number of methoxy groups -OCH3 is 1. The molecule has 0 aliphatic carbocycles. The number of carbonyl (C=O) groups is 2. The van der Waals surface area contributed by atoms with E-state index in [2.05, 4.69) is 0 Å². The first-order valence-corrected chi connectivity index (χ1v) is 12.5. The van der Waals surface area contributed by atoms with Crippen molar-refractivity contribution in [2.24, 2.45) is 0 Å². The molecule has 3 aromatic carbocycles. The molecule has 0 unspecified atom stereocenters. The predicted molar refractivity (Wildman–Crippen MR) is 140 cm³/mol. The third-order valence-corrected chi connectivity index (χ3v) is 7.48. The Balaban J connectivity index is 1.72. The number of aryl methyl sites for hydroxylation is 2. The first kappa shape index (κ1) is 24.8. The molecule has 3 aromatic rings. The molecular formula is C30H30FNO5. The molecule has 0 radical (unpaired) electrons. The van der Waals surface area contributed by atoms with Crippen molar-refractivity contribution in [2.45, 2.75) is 46.5 Å².